The van der Waals surface area contributed by atoms with Crippen LogP contribution >= 0.6 is 0 Å². The predicted octanol–water partition coefficient (Wildman–Crippen LogP) is 0.708. The van der Waals surface area contributed by atoms with E-state index < -0.39 is 17.9 Å². The summed E-state index contributed by atoms with van der Waals surface area (Å²) >= 11 is 0. The van der Waals surface area contributed by atoms with Crippen LogP contribution in [0.25, 0.3) is 0 Å². The van der Waals surface area contributed by atoms with Gasteiger partial charge in [-0.25, -0.2) is 4.79 Å². The predicted molar refractivity (Wildman–Crippen MR) is 49.2 cm³/mol. The first-order valence-electron chi connectivity index (χ1n) is 3.88. The number of carbonyl (C=O) groups excluding carboxylic acids is 1. The second-order valence-corrected chi connectivity index (χ2v) is 2.42. The van der Waals surface area contributed by atoms with Gasteiger partial charge in [-0.3, -0.25) is 4.79 Å². The molecule has 0 saturated carbocycles. The molecule has 0 fully saturated rings. The first-order chi connectivity index (χ1) is 6.11. The lowest BCUT2D eigenvalue weighted by molar-refractivity contribution is -0.141. The van der Waals surface area contributed by atoms with Gasteiger partial charge < -0.3 is 10.4 Å². The maximum absolute atomic E-state index is 10.9. The highest BCUT2D eigenvalue weighted by atomic mass is 16.4. The number of amides is 1. The van der Waals surface area contributed by atoms with Crippen molar-refractivity contribution in [3.8, 4) is 0 Å². The Kier molecular flexibility index (Phi) is 5.27. The molecule has 0 aliphatic carbocycles. The molecule has 2 N–H and O–H groups in total. The van der Waals surface area contributed by atoms with Gasteiger partial charge in [0.05, 0.1) is 0 Å². The lowest BCUT2D eigenvalue weighted by Gasteiger charge is -2.09. The number of aliphatic carboxylic acids is 1. The molecular weight excluding hydrogens is 170 g/mol. The third-order valence-corrected chi connectivity index (χ3v) is 1.33. The van der Waals surface area contributed by atoms with Gasteiger partial charge in [0.25, 0.3) is 0 Å². The van der Waals surface area contributed by atoms with Crippen molar-refractivity contribution in [3.05, 3.63) is 24.8 Å². The molecular formula is C9H13NO3. The van der Waals surface area contributed by atoms with Gasteiger partial charge in [-0.1, -0.05) is 12.2 Å². The van der Waals surface area contributed by atoms with Crippen LogP contribution in [0.15, 0.2) is 24.8 Å². The summed E-state index contributed by atoms with van der Waals surface area (Å²) in [6, 6.07) is -0.888. The van der Waals surface area contributed by atoms with Crippen LogP contribution in [0.1, 0.15) is 13.3 Å². The number of carbonyl (C=O) groups is 2. The van der Waals surface area contributed by atoms with E-state index in [2.05, 4.69) is 11.9 Å². The molecule has 0 aliphatic heterocycles. The van der Waals surface area contributed by atoms with Gasteiger partial charge in [0.2, 0.25) is 5.91 Å². The summed E-state index contributed by atoms with van der Waals surface area (Å²) in [5, 5.41) is 11.0. The maximum atomic E-state index is 10.9. The van der Waals surface area contributed by atoms with Crippen molar-refractivity contribution < 1.29 is 14.7 Å². The highest BCUT2D eigenvalue weighted by Gasteiger charge is 2.16. The molecule has 0 saturated heterocycles. The van der Waals surface area contributed by atoms with E-state index in [9.17, 15) is 9.59 Å². The summed E-state index contributed by atoms with van der Waals surface area (Å²) in [4.78, 5) is 21.5. The molecule has 0 aromatic carbocycles. The highest BCUT2D eigenvalue weighted by molar-refractivity contribution is 5.91. The Morgan fingerprint density at radius 1 is 1.62 bits per heavy atom. The van der Waals surface area contributed by atoms with E-state index in [1.807, 2.05) is 0 Å². The van der Waals surface area contributed by atoms with Gasteiger partial charge in [0.15, 0.2) is 0 Å². The number of hydrogen-bond donors (Lipinski definition) is 2. The molecule has 0 aliphatic rings. The third-order valence-electron chi connectivity index (χ3n) is 1.33. The van der Waals surface area contributed by atoms with Crippen LogP contribution in [-0.2, 0) is 9.59 Å². The lowest BCUT2D eigenvalue weighted by atomic mass is 10.2. The van der Waals surface area contributed by atoms with Gasteiger partial charge >= 0.3 is 5.97 Å². The summed E-state index contributed by atoms with van der Waals surface area (Å²) in [6.45, 7) is 5.09. The average Bonchev–Trinajstić information content (AvgIpc) is 2.04. The molecule has 1 atom stereocenters. The topological polar surface area (TPSA) is 66.4 Å². The van der Waals surface area contributed by atoms with Gasteiger partial charge in [-0.15, -0.1) is 6.58 Å². The molecule has 4 heteroatoms. The van der Waals surface area contributed by atoms with Crippen LogP contribution < -0.4 is 5.32 Å². The van der Waals surface area contributed by atoms with Crippen molar-refractivity contribution in [2.45, 2.75) is 19.4 Å². The summed E-state index contributed by atoms with van der Waals surface area (Å²) in [7, 11) is 0. The number of nitrogens with one attached hydrogen (secondary N) is 1. The summed E-state index contributed by atoms with van der Waals surface area (Å²) in [5.41, 5.74) is 0. The fourth-order valence-electron chi connectivity index (χ4n) is 0.759. The van der Waals surface area contributed by atoms with Crippen molar-refractivity contribution in [1.29, 1.82) is 0 Å². The number of carboxylic acids is 1. The van der Waals surface area contributed by atoms with E-state index in [1.54, 1.807) is 13.0 Å². The van der Waals surface area contributed by atoms with E-state index in [4.69, 9.17) is 5.11 Å². The first-order valence-corrected chi connectivity index (χ1v) is 3.88. The van der Waals surface area contributed by atoms with Crippen molar-refractivity contribution in [1.82, 2.24) is 5.32 Å². The standard InChI is InChI=1S/C9H13NO3/c1-3-5-7(9(12)13)10-8(11)6-4-2/h3-4,6-7H,1,5H2,2H3,(H,10,11)(H,12,13)/b6-4+. The summed E-state index contributed by atoms with van der Waals surface area (Å²) in [6.07, 6.45) is 4.49. The molecule has 0 aromatic heterocycles. The molecule has 0 aromatic rings. The summed E-state index contributed by atoms with van der Waals surface area (Å²) in [5.74, 6) is -1.46. The zero-order chi connectivity index (χ0) is 10.3. The van der Waals surface area contributed by atoms with Crippen LogP contribution in [0.3, 0.4) is 0 Å². The highest BCUT2D eigenvalue weighted by Crippen LogP contribution is 1.93. The molecule has 72 valence electrons. The second kappa shape index (κ2) is 5.99. The molecule has 0 spiro atoms. The Bertz CT molecular complexity index is 233. The van der Waals surface area contributed by atoms with Crippen molar-refractivity contribution in [2.75, 3.05) is 0 Å². The van der Waals surface area contributed by atoms with E-state index in [0.717, 1.165) is 0 Å². The summed E-state index contributed by atoms with van der Waals surface area (Å²) < 4.78 is 0. The van der Waals surface area contributed by atoms with E-state index in [-0.39, 0.29) is 6.42 Å². The minimum Gasteiger partial charge on any atom is -0.480 e. The van der Waals surface area contributed by atoms with Crippen molar-refractivity contribution in [3.63, 3.8) is 0 Å². The minimum atomic E-state index is -1.06. The number of hydrogen-bond acceptors (Lipinski definition) is 2. The van der Waals surface area contributed by atoms with E-state index in [0.29, 0.717) is 0 Å². The smallest absolute Gasteiger partial charge is 0.326 e. The zero-order valence-corrected chi connectivity index (χ0v) is 7.49. The molecule has 4 nitrogen and oxygen atoms in total. The van der Waals surface area contributed by atoms with E-state index >= 15 is 0 Å². The van der Waals surface area contributed by atoms with Gasteiger partial charge in [0, 0.05) is 0 Å². The Labute approximate surface area is 76.9 Å². The van der Waals surface area contributed by atoms with Gasteiger partial charge in [-0.2, -0.15) is 0 Å². The fraction of sp³-hybridized carbons (Fsp3) is 0.333. The molecule has 0 rings (SSSR count). The normalized spacial score (nSPS) is 12.4. The Morgan fingerprint density at radius 3 is 2.62 bits per heavy atom. The quantitative estimate of drug-likeness (QED) is 0.487. The van der Waals surface area contributed by atoms with Crippen molar-refractivity contribution >= 4 is 11.9 Å². The molecule has 1 unspecified atom stereocenters. The Balaban J connectivity index is 4.16. The molecule has 0 bridgehead atoms. The van der Waals surface area contributed by atoms with Crippen LogP contribution in [0, 0.1) is 0 Å². The SMILES string of the molecule is C=CCC(NC(=O)/C=C/C)C(=O)O. The monoisotopic (exact) mass is 183 g/mol. The molecule has 13 heavy (non-hydrogen) atoms. The van der Waals surface area contributed by atoms with Crippen LogP contribution in [0.4, 0.5) is 0 Å². The first kappa shape index (κ1) is 11.4. The van der Waals surface area contributed by atoms with Crippen molar-refractivity contribution in [2.24, 2.45) is 0 Å². The number of allylic oxidation sites excluding steroid dienone is 1. The van der Waals surface area contributed by atoms with Gasteiger partial charge in [0.1, 0.15) is 6.04 Å². The van der Waals surface area contributed by atoms with Gasteiger partial charge in [-0.05, 0) is 19.4 Å². The molecule has 1 amide bonds. The minimum absolute atomic E-state index is 0.221. The van der Waals surface area contributed by atoms with E-state index in [1.165, 1.54) is 12.2 Å². The third kappa shape index (κ3) is 4.79. The molecule has 0 radical (unpaired) electrons. The van der Waals surface area contributed by atoms with Crippen LogP contribution in [0.5, 0.6) is 0 Å². The number of carboxylic acid groups (broad SMARTS) is 1. The van der Waals surface area contributed by atoms with Crippen LogP contribution in [0.2, 0.25) is 0 Å². The van der Waals surface area contributed by atoms with Crippen LogP contribution in [-0.4, -0.2) is 23.0 Å². The largest absolute Gasteiger partial charge is 0.480 e. The number of rotatable bonds is 5. The Hall–Kier alpha value is -1.58. The second-order valence-electron chi connectivity index (χ2n) is 2.42. The fourth-order valence-corrected chi connectivity index (χ4v) is 0.759. The maximum Gasteiger partial charge on any atom is 0.326 e. The average molecular weight is 183 g/mol. The lowest BCUT2D eigenvalue weighted by Crippen LogP contribution is -2.39. The zero-order valence-electron chi connectivity index (χ0n) is 7.49. The molecule has 0 heterocycles. The Morgan fingerprint density at radius 2 is 2.23 bits per heavy atom.